The van der Waals surface area contributed by atoms with E-state index in [2.05, 4.69) is 15.2 Å². The van der Waals surface area contributed by atoms with Crippen LogP contribution in [-0.4, -0.2) is 37.2 Å². The number of carbonyl (C=O) groups is 1. The number of carbonyl (C=O) groups excluding carboxylic acids is 1. The van der Waals surface area contributed by atoms with Crippen LogP contribution in [0.3, 0.4) is 0 Å². The second-order valence-corrected chi connectivity index (χ2v) is 7.66. The molecule has 0 heterocycles. The van der Waals surface area contributed by atoms with E-state index in [0.717, 1.165) is 12.1 Å². The summed E-state index contributed by atoms with van der Waals surface area (Å²) in [6, 6.07) is 3.20. The number of nitrogens with zero attached hydrogens (tertiary/aromatic N) is 4. The Morgan fingerprint density at radius 2 is 1.65 bits per heavy atom. The van der Waals surface area contributed by atoms with Crippen LogP contribution >= 0.6 is 0 Å². The van der Waals surface area contributed by atoms with Gasteiger partial charge < -0.3 is 10.4 Å². The molecule has 3 N–H and O–H groups in total. The number of benzene rings is 1. The van der Waals surface area contributed by atoms with Gasteiger partial charge >= 0.3 is 40.1 Å². The van der Waals surface area contributed by atoms with E-state index in [0.29, 0.717) is 22.7 Å². The third-order valence-corrected chi connectivity index (χ3v) is 4.87. The van der Waals surface area contributed by atoms with Crippen molar-refractivity contribution >= 4 is 44.8 Å². The number of allylic oxidation sites excluding steroid dienone is 8. The van der Waals surface area contributed by atoms with Crippen LogP contribution in [0, 0.1) is 5.21 Å². The first kappa shape index (κ1) is 24.9. The fourth-order valence-electron chi connectivity index (χ4n) is 2.50. The van der Waals surface area contributed by atoms with Gasteiger partial charge in [-0.2, -0.15) is 19.3 Å². The number of hydrogen-bond acceptors (Lipinski definition) is 8. The zero-order chi connectivity index (χ0) is 21.9. The van der Waals surface area contributed by atoms with E-state index < -0.39 is 26.3 Å². The molecule has 2 aliphatic carbocycles. The Labute approximate surface area is 200 Å². The van der Waals surface area contributed by atoms with E-state index in [-0.39, 0.29) is 41.0 Å². The molecular weight excluding hydrogens is 435 g/mol. The van der Waals surface area contributed by atoms with E-state index in [4.69, 9.17) is 0 Å². The zero-order valence-corrected chi connectivity index (χ0v) is 19.4. The van der Waals surface area contributed by atoms with E-state index in [1.54, 1.807) is 37.3 Å². The Bertz CT molecular complexity index is 1140. The van der Waals surface area contributed by atoms with Crippen LogP contribution in [0.1, 0.15) is 6.92 Å². The maximum atomic E-state index is 11.4. The molecule has 154 valence electrons. The molecule has 3 rings (SSSR count). The summed E-state index contributed by atoms with van der Waals surface area (Å²) in [6.45, 7) is 1.76. The van der Waals surface area contributed by atoms with Gasteiger partial charge in [0.05, 0.1) is 28.5 Å². The maximum Gasteiger partial charge on any atom is 1.00 e. The van der Waals surface area contributed by atoms with E-state index in [1.807, 2.05) is 0 Å². The van der Waals surface area contributed by atoms with Crippen molar-refractivity contribution in [3.8, 4) is 0 Å². The molecule has 0 aliphatic heterocycles. The van der Waals surface area contributed by atoms with Gasteiger partial charge in [0.25, 0.3) is 0 Å². The third-order valence-electron chi connectivity index (χ3n) is 4.00. The molecule has 1 aromatic carbocycles. The molecular formula is C19H16N4NaO6S+. The molecule has 12 heteroatoms. The van der Waals surface area contributed by atoms with Gasteiger partial charge in [0.1, 0.15) is 0 Å². The standard InChI is InChI=1S/C19H16N4O6S.Na/c1-12-10-15(24)6-8-17(12)22-21-14-4-2-13(3-5-14)20-18-9-7-16(30(27,28)29)11-19(18)23(25)26;/h2-11,25H,1H3,(H2,27,28,29);/q;+1. The maximum absolute atomic E-state index is 11.4. The van der Waals surface area contributed by atoms with Gasteiger partial charge in [-0.25, -0.2) is 4.99 Å². The van der Waals surface area contributed by atoms with Crippen LogP contribution < -0.4 is 34.8 Å². The molecule has 0 amide bonds. The van der Waals surface area contributed by atoms with E-state index in [9.17, 15) is 28.5 Å². The van der Waals surface area contributed by atoms with Gasteiger partial charge in [-0.15, -0.1) is 0 Å². The van der Waals surface area contributed by atoms with Gasteiger partial charge in [0.15, 0.2) is 5.78 Å². The van der Waals surface area contributed by atoms with Crippen molar-refractivity contribution in [1.82, 2.24) is 0 Å². The summed E-state index contributed by atoms with van der Waals surface area (Å²) in [4.78, 5) is 15.0. The minimum absolute atomic E-state index is 0. The largest absolute Gasteiger partial charge is 1.00 e. The molecule has 0 spiro atoms. The SMILES string of the molecule is CC1=CC(=O)C=CC1=NN=C1C=CC(=Nc2ccc([S+](=O)(O)O)cc2N([O-])O)C=C1.[Na+]. The summed E-state index contributed by atoms with van der Waals surface area (Å²) in [5.41, 5.74) is 1.80. The molecule has 0 atom stereocenters. The first-order valence-corrected chi connectivity index (χ1v) is 9.91. The molecule has 0 bridgehead atoms. The third kappa shape index (κ3) is 6.56. The van der Waals surface area contributed by atoms with Crippen LogP contribution in [0.5, 0.6) is 0 Å². The molecule has 0 saturated heterocycles. The molecule has 2 aliphatic rings. The molecule has 31 heavy (non-hydrogen) atoms. The van der Waals surface area contributed by atoms with Gasteiger partial charge in [0.2, 0.25) is 4.90 Å². The summed E-state index contributed by atoms with van der Waals surface area (Å²) in [5, 5.41) is 28.3. The predicted molar refractivity (Wildman–Crippen MR) is 114 cm³/mol. The van der Waals surface area contributed by atoms with E-state index in [1.165, 1.54) is 18.2 Å². The average molecular weight is 451 g/mol. The summed E-state index contributed by atoms with van der Waals surface area (Å²) < 4.78 is 29.7. The second kappa shape index (κ2) is 10.3. The quantitative estimate of drug-likeness (QED) is 0.256. The number of rotatable bonds is 4. The summed E-state index contributed by atoms with van der Waals surface area (Å²) in [5.74, 6) is -0.107. The topological polar surface area (TPSA) is 158 Å². The predicted octanol–water partition coefficient (Wildman–Crippen LogP) is 0.269. The van der Waals surface area contributed by atoms with Gasteiger partial charge in [0, 0.05) is 12.1 Å². The minimum atomic E-state index is -4.30. The number of aliphatic imine (C=N–C) groups is 1. The summed E-state index contributed by atoms with van der Waals surface area (Å²) in [6.07, 6.45) is 10.9. The Balaban J connectivity index is 0.00000341. The zero-order valence-electron chi connectivity index (χ0n) is 16.5. The van der Waals surface area contributed by atoms with Crippen molar-refractivity contribution in [1.29, 1.82) is 0 Å². The smallest absolute Gasteiger partial charge is 0.733 e. The monoisotopic (exact) mass is 451 g/mol. The van der Waals surface area contributed by atoms with Crippen molar-refractivity contribution in [3.05, 3.63) is 71.5 Å². The molecule has 10 nitrogen and oxygen atoms in total. The van der Waals surface area contributed by atoms with Crippen LogP contribution in [0.15, 0.2) is 86.4 Å². The van der Waals surface area contributed by atoms with Crippen LogP contribution in [-0.2, 0) is 19.5 Å². The number of anilines is 1. The summed E-state index contributed by atoms with van der Waals surface area (Å²) in [7, 11) is -4.30. The average Bonchev–Trinajstić information content (AvgIpc) is 2.68. The summed E-state index contributed by atoms with van der Waals surface area (Å²) >= 11 is 0. The van der Waals surface area contributed by atoms with Crippen molar-refractivity contribution in [2.24, 2.45) is 15.2 Å². The first-order chi connectivity index (χ1) is 14.1. The molecule has 0 aromatic heterocycles. The Hall–Kier alpha value is -2.35. The van der Waals surface area contributed by atoms with Crippen molar-refractivity contribution < 1.29 is 52.9 Å². The Kier molecular flexibility index (Phi) is 8.28. The van der Waals surface area contributed by atoms with Crippen molar-refractivity contribution in [2.75, 3.05) is 5.23 Å². The molecule has 0 fully saturated rings. The van der Waals surface area contributed by atoms with Crippen LogP contribution in [0.25, 0.3) is 0 Å². The minimum Gasteiger partial charge on any atom is -0.733 e. The molecule has 1 aromatic rings. The van der Waals surface area contributed by atoms with Gasteiger partial charge in [-0.3, -0.25) is 10.0 Å². The van der Waals surface area contributed by atoms with Crippen LogP contribution in [0.4, 0.5) is 11.4 Å². The Morgan fingerprint density at radius 3 is 2.23 bits per heavy atom. The van der Waals surface area contributed by atoms with Gasteiger partial charge in [-0.1, -0.05) is 0 Å². The van der Waals surface area contributed by atoms with E-state index >= 15 is 0 Å². The van der Waals surface area contributed by atoms with Crippen LogP contribution in [0.2, 0.25) is 0 Å². The fraction of sp³-hybridized carbons (Fsp3) is 0.0526. The normalized spacial score (nSPS) is 16.9. The van der Waals surface area contributed by atoms with Gasteiger partial charge in [-0.05, 0) is 65.3 Å². The molecule has 0 unspecified atom stereocenters. The van der Waals surface area contributed by atoms with Crippen molar-refractivity contribution in [3.63, 3.8) is 0 Å². The molecule has 0 saturated carbocycles. The second-order valence-electron chi connectivity index (χ2n) is 6.20. The van der Waals surface area contributed by atoms with Crippen molar-refractivity contribution in [2.45, 2.75) is 11.8 Å². The Morgan fingerprint density at radius 1 is 1.00 bits per heavy atom. The fourth-order valence-corrected chi connectivity index (χ4v) is 3.01. The first-order valence-electron chi connectivity index (χ1n) is 8.44. The number of ketones is 1. The number of hydrogen-bond donors (Lipinski definition) is 3. The molecule has 0 radical (unpaired) electrons.